The number of rotatable bonds is 7. The van der Waals surface area contributed by atoms with E-state index in [-0.39, 0.29) is 68.9 Å². The third kappa shape index (κ3) is 6.60. The third-order valence-corrected chi connectivity index (χ3v) is 7.51. The van der Waals surface area contributed by atoms with Gasteiger partial charge < -0.3 is 20.7 Å². The molecular weight excluding hydrogens is 587 g/mol. The topological polar surface area (TPSA) is 117 Å². The van der Waals surface area contributed by atoms with Gasteiger partial charge in [0.15, 0.2) is 11.6 Å². The largest absolute Gasteiger partial charge is 0.442 e. The summed E-state index contributed by atoms with van der Waals surface area (Å²) in [5.41, 5.74) is 5.65. The summed E-state index contributed by atoms with van der Waals surface area (Å²) >= 11 is 6.29. The number of carbonyl (C=O) groups is 3. The Morgan fingerprint density at radius 3 is 2.59 bits per heavy atom. The fourth-order valence-electron chi connectivity index (χ4n) is 3.57. The number of halogens is 3. The van der Waals surface area contributed by atoms with Crippen molar-refractivity contribution in [1.29, 1.82) is 0 Å². The minimum absolute atomic E-state index is 0.00353. The number of carbonyl (C=O) groups excluding carboxylic acids is 3. The Labute approximate surface area is 214 Å². The molecule has 0 bridgehead atoms. The van der Waals surface area contributed by atoms with Gasteiger partial charge in [-0.3, -0.25) is 19.3 Å². The number of hydrogen-bond donors (Lipinski definition) is 3. The van der Waals surface area contributed by atoms with Crippen LogP contribution >= 0.6 is 35.2 Å². The highest BCUT2D eigenvalue weighted by atomic mass is 127. The summed E-state index contributed by atoms with van der Waals surface area (Å²) in [6.45, 7) is 1.84. The standard InChI is InChI=1S/C20H26F2IN5O5S/c1-12(29)25-9-14-10-27(19(31)33-14)13-6-15(21)18(16(22)7-13)26-2-3-28(32-5-4-26)17(30)8-20(24,34)11-23/h6-7,14,34H,2-5,8-11,24H2,1H3,(H,25,29)/t14-,20?/m0/s1. The Kier molecular flexibility index (Phi) is 8.81. The Bertz CT molecular complexity index is 933. The first kappa shape index (κ1) is 26.7. The van der Waals surface area contributed by atoms with Crippen molar-refractivity contribution in [3.63, 3.8) is 0 Å². The van der Waals surface area contributed by atoms with E-state index in [1.165, 1.54) is 11.8 Å². The van der Waals surface area contributed by atoms with Gasteiger partial charge in [0.1, 0.15) is 11.8 Å². The molecule has 2 heterocycles. The quantitative estimate of drug-likeness (QED) is 0.184. The Morgan fingerprint density at radius 2 is 1.97 bits per heavy atom. The van der Waals surface area contributed by atoms with Gasteiger partial charge in [0.25, 0.3) is 0 Å². The molecule has 0 spiro atoms. The SMILES string of the molecule is CC(=O)NC[C@H]1CN(c2cc(F)c(N3CCON(C(=O)CC(N)(S)CI)CC3)c(F)c2)C(=O)O1. The van der Waals surface area contributed by atoms with Gasteiger partial charge >= 0.3 is 6.09 Å². The minimum atomic E-state index is -0.987. The number of hydrogen-bond acceptors (Lipinski definition) is 8. The second-order valence-corrected chi connectivity index (χ2v) is 9.70. The van der Waals surface area contributed by atoms with Crippen LogP contribution in [0.3, 0.4) is 0 Å². The molecule has 2 saturated heterocycles. The van der Waals surface area contributed by atoms with E-state index in [0.717, 1.165) is 22.1 Å². The molecule has 0 radical (unpaired) electrons. The summed E-state index contributed by atoms with van der Waals surface area (Å²) in [6.07, 6.45) is -1.44. The number of nitrogens with one attached hydrogen (secondary N) is 1. The molecule has 2 atom stereocenters. The number of benzene rings is 1. The molecule has 3 rings (SSSR count). The van der Waals surface area contributed by atoms with Crippen molar-refractivity contribution in [2.24, 2.45) is 5.73 Å². The number of hydroxylamine groups is 2. The summed E-state index contributed by atoms with van der Waals surface area (Å²) in [6, 6.07) is 2.11. The fourth-order valence-corrected chi connectivity index (χ4v) is 3.98. The highest BCUT2D eigenvalue weighted by Crippen LogP contribution is 2.31. The summed E-state index contributed by atoms with van der Waals surface area (Å²) in [7, 11) is 0. The highest BCUT2D eigenvalue weighted by molar-refractivity contribution is 14.1. The summed E-state index contributed by atoms with van der Waals surface area (Å²) in [4.78, 5) is 42.7. The van der Waals surface area contributed by atoms with Gasteiger partial charge in [0.05, 0.1) is 43.2 Å². The maximum atomic E-state index is 15.0. The fraction of sp³-hybridized carbons (Fsp3) is 0.550. The van der Waals surface area contributed by atoms with Crippen molar-refractivity contribution in [3.8, 4) is 0 Å². The van der Waals surface area contributed by atoms with Crippen molar-refractivity contribution in [1.82, 2.24) is 10.4 Å². The third-order valence-electron chi connectivity index (χ3n) is 5.23. The Balaban J connectivity index is 1.69. The lowest BCUT2D eigenvalue weighted by molar-refractivity contribution is -0.182. The van der Waals surface area contributed by atoms with Crippen LogP contribution in [0.1, 0.15) is 13.3 Å². The van der Waals surface area contributed by atoms with E-state index in [4.69, 9.17) is 15.3 Å². The van der Waals surface area contributed by atoms with Crippen LogP contribution < -0.4 is 20.9 Å². The summed E-state index contributed by atoms with van der Waals surface area (Å²) in [5.74, 6) is -2.38. The molecule has 2 aliphatic heterocycles. The first-order valence-electron chi connectivity index (χ1n) is 10.5. The average molecular weight is 613 g/mol. The predicted molar refractivity (Wildman–Crippen MR) is 132 cm³/mol. The lowest BCUT2D eigenvalue weighted by Gasteiger charge is -2.26. The van der Waals surface area contributed by atoms with Crippen LogP contribution in [0.15, 0.2) is 12.1 Å². The smallest absolute Gasteiger partial charge is 0.414 e. The van der Waals surface area contributed by atoms with Gasteiger partial charge in [-0.1, -0.05) is 22.6 Å². The zero-order valence-electron chi connectivity index (χ0n) is 18.4. The first-order chi connectivity index (χ1) is 16.0. The van der Waals surface area contributed by atoms with Gasteiger partial charge in [-0.25, -0.2) is 18.6 Å². The number of thiol groups is 1. The van der Waals surface area contributed by atoms with Gasteiger partial charge in [0.2, 0.25) is 11.8 Å². The van der Waals surface area contributed by atoms with Crippen molar-refractivity contribution >= 4 is 64.5 Å². The molecular formula is C20H26F2IN5O5S. The second kappa shape index (κ2) is 11.2. The van der Waals surface area contributed by atoms with Crippen molar-refractivity contribution in [2.45, 2.75) is 24.3 Å². The highest BCUT2D eigenvalue weighted by Gasteiger charge is 2.34. The van der Waals surface area contributed by atoms with Crippen LogP contribution in [0.25, 0.3) is 0 Å². The van der Waals surface area contributed by atoms with E-state index < -0.39 is 28.7 Å². The second-order valence-electron chi connectivity index (χ2n) is 8.04. The lowest BCUT2D eigenvalue weighted by atomic mass is 10.2. The Hall–Kier alpha value is -1.91. The molecule has 1 aromatic carbocycles. The van der Waals surface area contributed by atoms with Crippen LogP contribution in [0, 0.1) is 11.6 Å². The van der Waals surface area contributed by atoms with Crippen LogP contribution in [0.2, 0.25) is 0 Å². The van der Waals surface area contributed by atoms with E-state index in [1.54, 1.807) is 0 Å². The maximum Gasteiger partial charge on any atom is 0.414 e. The van der Waals surface area contributed by atoms with Crippen LogP contribution in [0.4, 0.5) is 25.0 Å². The molecule has 1 unspecified atom stereocenters. The first-order valence-corrected chi connectivity index (χ1v) is 12.4. The van der Waals surface area contributed by atoms with E-state index in [1.807, 2.05) is 22.6 Å². The number of cyclic esters (lactones) is 1. The van der Waals surface area contributed by atoms with E-state index >= 15 is 8.78 Å². The van der Waals surface area contributed by atoms with E-state index in [9.17, 15) is 14.4 Å². The van der Waals surface area contributed by atoms with Crippen LogP contribution in [-0.2, 0) is 19.2 Å². The molecule has 10 nitrogen and oxygen atoms in total. The van der Waals surface area contributed by atoms with Crippen molar-refractivity contribution in [3.05, 3.63) is 23.8 Å². The zero-order chi connectivity index (χ0) is 25.0. The molecule has 1 aromatic rings. The van der Waals surface area contributed by atoms with E-state index in [2.05, 4.69) is 17.9 Å². The molecule has 34 heavy (non-hydrogen) atoms. The minimum Gasteiger partial charge on any atom is -0.442 e. The molecule has 2 fully saturated rings. The lowest BCUT2D eigenvalue weighted by Crippen LogP contribution is -2.43. The number of nitrogens with zero attached hydrogens (tertiary/aromatic N) is 3. The monoisotopic (exact) mass is 613 g/mol. The summed E-state index contributed by atoms with van der Waals surface area (Å²) < 4.78 is 35.6. The molecule has 0 aromatic heterocycles. The van der Waals surface area contributed by atoms with Gasteiger partial charge in [-0.15, -0.1) is 0 Å². The molecule has 14 heteroatoms. The van der Waals surface area contributed by atoms with Crippen LogP contribution in [0.5, 0.6) is 0 Å². The molecule has 188 valence electrons. The maximum absolute atomic E-state index is 15.0. The zero-order valence-corrected chi connectivity index (χ0v) is 21.5. The predicted octanol–water partition coefficient (Wildman–Crippen LogP) is 1.42. The number of amides is 3. The summed E-state index contributed by atoms with van der Waals surface area (Å²) in [5, 5.41) is 3.68. The molecule has 3 amide bonds. The number of anilines is 2. The number of alkyl halides is 1. The van der Waals surface area contributed by atoms with Crippen molar-refractivity contribution in [2.75, 3.05) is 53.6 Å². The molecule has 2 aliphatic rings. The van der Waals surface area contributed by atoms with Crippen molar-refractivity contribution < 1.29 is 32.7 Å². The van der Waals surface area contributed by atoms with E-state index in [0.29, 0.717) is 4.43 Å². The van der Waals surface area contributed by atoms with Gasteiger partial charge in [-0.2, -0.15) is 12.6 Å². The molecule has 0 saturated carbocycles. The number of nitrogens with two attached hydrogens (primary N) is 1. The normalized spacial score (nSPS) is 20.6. The molecule has 3 N–H and O–H groups in total. The average Bonchev–Trinajstić information content (AvgIpc) is 2.96. The van der Waals surface area contributed by atoms with Gasteiger partial charge in [-0.05, 0) is 0 Å². The molecule has 0 aliphatic carbocycles. The number of ether oxygens (including phenoxy) is 1. The van der Waals surface area contributed by atoms with Crippen LogP contribution in [-0.4, -0.2) is 77.7 Å². The Morgan fingerprint density at radius 1 is 1.29 bits per heavy atom. The van der Waals surface area contributed by atoms with Gasteiger partial charge in [0, 0.05) is 36.6 Å².